The van der Waals surface area contributed by atoms with Gasteiger partial charge in [0.15, 0.2) is 0 Å². The van der Waals surface area contributed by atoms with Gasteiger partial charge >= 0.3 is 0 Å². The zero-order chi connectivity index (χ0) is 54.8. The second kappa shape index (κ2) is 21.6. The first-order valence-electron chi connectivity index (χ1n) is 25.2. The summed E-state index contributed by atoms with van der Waals surface area (Å²) in [6.45, 7) is 0. The molecule has 7 aromatic carbocycles. The number of ether oxygens (including phenoxy) is 4. The Labute approximate surface area is 459 Å². The van der Waals surface area contributed by atoms with Gasteiger partial charge in [-0.1, -0.05) is 127 Å². The Morgan fingerprint density at radius 1 is 0.588 bits per heavy atom. The molecule has 0 saturated carbocycles. The highest BCUT2D eigenvalue weighted by atomic mass is 32.2. The maximum absolute atomic E-state index is 13.0. The van der Waals surface area contributed by atoms with E-state index in [0.717, 1.165) is 49.5 Å². The predicted octanol–water partition coefficient (Wildman–Crippen LogP) is 11.7. The van der Waals surface area contributed by atoms with Gasteiger partial charge in [0.1, 0.15) is 56.4 Å². The van der Waals surface area contributed by atoms with Crippen molar-refractivity contribution in [1.29, 1.82) is 0 Å². The van der Waals surface area contributed by atoms with Gasteiger partial charge in [-0.15, -0.1) is 0 Å². The lowest BCUT2D eigenvalue weighted by molar-refractivity contribution is 0.234. The van der Waals surface area contributed by atoms with Crippen LogP contribution in [0.4, 0.5) is 23.0 Å². The van der Waals surface area contributed by atoms with E-state index < -0.39 is 36.1 Å². The monoisotopic (exact) mass is 1100 g/mol. The van der Waals surface area contributed by atoms with Gasteiger partial charge in [-0.05, 0) is 116 Å². The molecular weight excluding hydrogens is 1050 g/mol. The molecule has 0 bridgehead atoms. The van der Waals surface area contributed by atoms with Crippen molar-refractivity contribution in [3.8, 4) is 23.3 Å². The topological polar surface area (TPSA) is 221 Å². The van der Waals surface area contributed by atoms with Crippen molar-refractivity contribution in [2.75, 3.05) is 10.6 Å². The van der Waals surface area contributed by atoms with E-state index in [4.69, 9.17) is 38.9 Å². The highest BCUT2D eigenvalue weighted by Crippen LogP contribution is 2.34. The summed E-state index contributed by atoms with van der Waals surface area (Å²) < 4.78 is 97.9. The van der Waals surface area contributed by atoms with Gasteiger partial charge in [0, 0.05) is 35.1 Å². The van der Waals surface area contributed by atoms with E-state index in [9.17, 15) is 25.9 Å². The van der Waals surface area contributed by atoms with Gasteiger partial charge < -0.3 is 29.6 Å². The fourth-order valence-corrected chi connectivity index (χ4v) is 10.8. The number of benzene rings is 7. The largest absolute Gasteiger partial charge is 0.493 e. The molecular formula is C62H46N6O10S2. The van der Waals surface area contributed by atoms with Crippen molar-refractivity contribution in [3.63, 3.8) is 0 Å². The Balaban J connectivity index is 0.820. The van der Waals surface area contributed by atoms with Crippen LogP contribution >= 0.6 is 0 Å². The van der Waals surface area contributed by atoms with Gasteiger partial charge in [-0.25, -0.2) is 9.97 Å². The number of allylic oxidation sites excluding steroid dienone is 7. The molecule has 1 aliphatic carbocycles. The van der Waals surface area contributed by atoms with Crippen molar-refractivity contribution in [2.45, 2.75) is 35.2 Å². The predicted molar refractivity (Wildman–Crippen MR) is 306 cm³/mol. The first-order chi connectivity index (χ1) is 38.8. The zero-order valence-corrected chi connectivity index (χ0v) is 43.8. The maximum Gasteiger partial charge on any atom is 0.295 e. The van der Waals surface area contributed by atoms with E-state index in [1.165, 1.54) is 36.4 Å². The Morgan fingerprint density at radius 2 is 1.14 bits per heavy atom. The second-order valence-electron chi connectivity index (χ2n) is 18.9. The van der Waals surface area contributed by atoms with Gasteiger partial charge in [-0.2, -0.15) is 26.8 Å². The fraction of sp³-hybridized carbons (Fsp3) is 0.0645. The van der Waals surface area contributed by atoms with E-state index in [2.05, 4.69) is 10.6 Å². The molecule has 0 amide bonds. The molecule has 2 aliphatic heterocycles. The third-order valence-corrected chi connectivity index (χ3v) is 15.0. The Bertz CT molecular complexity index is 4500. The van der Waals surface area contributed by atoms with Crippen LogP contribution in [0.3, 0.4) is 0 Å². The summed E-state index contributed by atoms with van der Waals surface area (Å²) in [4.78, 5) is 17.9. The van der Waals surface area contributed by atoms with Crippen LogP contribution in [-0.2, 0) is 42.6 Å². The molecule has 3 aliphatic rings. The zero-order valence-electron chi connectivity index (χ0n) is 42.2. The summed E-state index contributed by atoms with van der Waals surface area (Å²) in [5.41, 5.74) is 2.50. The molecule has 0 saturated heterocycles. The van der Waals surface area contributed by atoms with Crippen LogP contribution in [0.2, 0.25) is 0 Å². The number of anilines is 4. The number of nitrogens with one attached hydrogen (secondary N) is 2. The average Bonchev–Trinajstić information content (AvgIpc) is 3.45. The summed E-state index contributed by atoms with van der Waals surface area (Å²) in [6, 6.07) is 46.4. The minimum absolute atomic E-state index is 0.000710. The van der Waals surface area contributed by atoms with Gasteiger partial charge in [0.25, 0.3) is 20.2 Å². The Kier molecular flexibility index (Phi) is 13.8. The number of rotatable bonds is 16. The Hall–Kier alpha value is -9.72. The quantitative estimate of drug-likeness (QED) is 0.0522. The van der Waals surface area contributed by atoms with Crippen molar-refractivity contribution in [2.24, 2.45) is 0 Å². The van der Waals surface area contributed by atoms with Crippen LogP contribution < -0.4 is 30.5 Å². The van der Waals surface area contributed by atoms with Crippen LogP contribution in [-0.4, -0.2) is 52.0 Å². The number of fused-ring (bicyclic) bond motifs is 4. The molecule has 2 aromatic heterocycles. The molecule has 16 nitrogen and oxygen atoms in total. The number of hydrogen-bond donors (Lipinski definition) is 4. The molecule has 9 aromatic rings. The number of nitrogens with zero attached hydrogens (tertiary/aromatic N) is 4. The van der Waals surface area contributed by atoms with Crippen molar-refractivity contribution >= 4 is 89.3 Å². The molecule has 0 fully saturated rings. The molecule has 4 heterocycles. The molecule has 4 N–H and O–H groups in total. The van der Waals surface area contributed by atoms with Crippen molar-refractivity contribution in [3.05, 3.63) is 238 Å². The van der Waals surface area contributed by atoms with Crippen molar-refractivity contribution in [1.82, 2.24) is 19.9 Å². The molecule has 0 spiro atoms. The minimum Gasteiger partial charge on any atom is -0.493 e. The molecule has 18 heteroatoms. The lowest BCUT2D eigenvalue weighted by Crippen LogP contribution is -2.32. The van der Waals surface area contributed by atoms with Crippen molar-refractivity contribution < 1.29 is 44.9 Å². The minimum atomic E-state index is -4.90. The highest BCUT2D eigenvalue weighted by molar-refractivity contribution is 7.86. The number of hydrogen-bond acceptors (Lipinski definition) is 14. The van der Waals surface area contributed by atoms with Gasteiger partial charge in [0.05, 0.1) is 18.9 Å². The summed E-state index contributed by atoms with van der Waals surface area (Å²) >= 11 is 0. The Morgan fingerprint density at radius 3 is 1.74 bits per heavy atom. The third-order valence-electron chi connectivity index (χ3n) is 13.2. The first-order valence-corrected chi connectivity index (χ1v) is 28.0. The lowest BCUT2D eigenvalue weighted by atomic mass is 9.97. The van der Waals surface area contributed by atoms with E-state index in [1.54, 1.807) is 36.8 Å². The van der Waals surface area contributed by atoms with Gasteiger partial charge in [0.2, 0.25) is 11.8 Å². The second-order valence-corrected chi connectivity index (χ2v) is 21.7. The van der Waals surface area contributed by atoms with E-state index >= 15 is 0 Å². The SMILES string of the molecule is O=S(=O)(O)c1cc(Nc2cc(Oc3ccc4ccccc4c3)nc(CC3=CC4=CC=CCC4=CO3)n2)ccc1/C=C\c1ccc(Nc2cc(Oc3ccc4ccccc4c3)nc(CC3C=c4ccccc4=CO3)n2)cc1S(=O)(=O)O. The standard InChI is InChI=1S/C62H46N6O10S2/c69-79(70,71)55-31-49(63-59-35-61(77-51-25-21-39-9-1-3-11-43(39)27-51)67-57(65-59)33-53-29-45-13-5-7-15-47(45)37-75-53)23-19-41(55)17-18-42-20-24-50(32-56(42)80(72,73)74)64-60-36-62(78-52-26-22-40-10-2-4-12-44(40)28-52)68-58(66-60)34-54-30-46-14-6-8-16-48(46)38-76-54/h1-15,17-32,35-38,53H,16,33-34H2,(H,63,65,67)(H,64,66,68)(H,69,70,71)(H,72,73,74)/b18-17-. The summed E-state index contributed by atoms with van der Waals surface area (Å²) in [5.74, 6) is 3.21. The van der Waals surface area contributed by atoms with E-state index in [0.29, 0.717) is 28.9 Å². The fourth-order valence-electron chi connectivity index (χ4n) is 9.38. The van der Waals surface area contributed by atoms with Crippen LogP contribution in [0.1, 0.15) is 29.2 Å². The van der Waals surface area contributed by atoms with Crippen LogP contribution in [0, 0.1) is 0 Å². The molecule has 1 unspecified atom stereocenters. The normalized spacial score (nSPS) is 14.8. The maximum atomic E-state index is 13.0. The molecule has 12 rings (SSSR count). The van der Waals surface area contributed by atoms with E-state index in [-0.39, 0.29) is 58.7 Å². The molecule has 0 radical (unpaired) electrons. The first kappa shape index (κ1) is 51.1. The van der Waals surface area contributed by atoms with E-state index in [1.807, 2.05) is 140 Å². The molecule has 80 heavy (non-hydrogen) atoms. The lowest BCUT2D eigenvalue weighted by Gasteiger charge is -2.18. The van der Waals surface area contributed by atoms with Gasteiger partial charge in [-0.3, -0.25) is 9.11 Å². The molecule has 396 valence electrons. The van der Waals surface area contributed by atoms with Crippen LogP contribution in [0.25, 0.3) is 46.0 Å². The summed E-state index contributed by atoms with van der Waals surface area (Å²) in [7, 11) is -9.79. The smallest absolute Gasteiger partial charge is 0.295 e. The summed E-state index contributed by atoms with van der Waals surface area (Å²) in [5, 5.41) is 12.2. The summed E-state index contributed by atoms with van der Waals surface area (Å²) in [6.07, 6.45) is 16.8. The average molecular weight is 1100 g/mol. The number of aromatic nitrogens is 4. The van der Waals surface area contributed by atoms with Crippen LogP contribution in [0.5, 0.6) is 23.3 Å². The third kappa shape index (κ3) is 11.9. The van der Waals surface area contributed by atoms with Crippen LogP contribution in [0.15, 0.2) is 215 Å². The highest BCUT2D eigenvalue weighted by Gasteiger charge is 2.21. The molecule has 1 atom stereocenters.